The average molecular weight is 365 g/mol. The van der Waals surface area contributed by atoms with Crippen molar-refractivity contribution < 1.29 is 14.7 Å². The Balaban J connectivity index is 1.48. The summed E-state index contributed by atoms with van der Waals surface area (Å²) in [4.78, 5) is 26.7. The monoisotopic (exact) mass is 365 g/mol. The van der Waals surface area contributed by atoms with Gasteiger partial charge < -0.3 is 20.6 Å². The molecule has 0 bridgehead atoms. The second-order valence-electron chi connectivity index (χ2n) is 6.52. The van der Waals surface area contributed by atoms with Gasteiger partial charge in [0.15, 0.2) is 0 Å². The molecular formula is C19H19N5O3. The Hall–Kier alpha value is -3.39. The Bertz CT molecular complexity index is 972. The maximum atomic E-state index is 12.7. The average Bonchev–Trinajstić information content (AvgIpc) is 3.28. The van der Waals surface area contributed by atoms with Gasteiger partial charge in [0.2, 0.25) is 5.91 Å². The molecule has 2 atom stereocenters. The highest BCUT2D eigenvalue weighted by Crippen LogP contribution is 2.22. The number of urea groups is 1. The fourth-order valence-electron chi connectivity index (χ4n) is 3.25. The Kier molecular flexibility index (Phi) is 4.47. The molecule has 1 fully saturated rings. The summed E-state index contributed by atoms with van der Waals surface area (Å²) in [5.41, 5.74) is 2.11. The van der Waals surface area contributed by atoms with Gasteiger partial charge in [-0.1, -0.05) is 18.2 Å². The number of nitrogens with one attached hydrogen (secondary N) is 3. The lowest BCUT2D eigenvalue weighted by molar-refractivity contribution is -0.119. The summed E-state index contributed by atoms with van der Waals surface area (Å²) in [5, 5.41) is 23.3. The molecule has 3 amide bonds. The normalized spacial score (nSPS) is 19.2. The minimum Gasteiger partial charge on any atom is -0.391 e. The molecule has 3 aromatic rings. The molecule has 0 unspecified atom stereocenters. The highest BCUT2D eigenvalue weighted by molar-refractivity contribution is 6.00. The Morgan fingerprint density at radius 3 is 2.74 bits per heavy atom. The molecule has 8 nitrogen and oxygen atoms in total. The summed E-state index contributed by atoms with van der Waals surface area (Å²) >= 11 is 0. The van der Waals surface area contributed by atoms with Crippen LogP contribution in [-0.4, -0.2) is 50.8 Å². The number of fused-ring (bicyclic) bond motifs is 1. The van der Waals surface area contributed by atoms with Gasteiger partial charge in [0, 0.05) is 29.7 Å². The lowest BCUT2D eigenvalue weighted by atomic mass is 10.1. The summed E-state index contributed by atoms with van der Waals surface area (Å²) < 4.78 is 0. The second-order valence-corrected chi connectivity index (χ2v) is 6.52. The van der Waals surface area contributed by atoms with Crippen LogP contribution in [0.4, 0.5) is 16.2 Å². The van der Waals surface area contributed by atoms with E-state index in [2.05, 4.69) is 20.8 Å². The molecule has 138 valence electrons. The van der Waals surface area contributed by atoms with Crippen molar-refractivity contribution >= 4 is 34.2 Å². The van der Waals surface area contributed by atoms with Gasteiger partial charge in [-0.3, -0.25) is 9.89 Å². The van der Waals surface area contributed by atoms with Crippen LogP contribution in [0.1, 0.15) is 6.42 Å². The summed E-state index contributed by atoms with van der Waals surface area (Å²) in [6.45, 7) is 0.109. The number of para-hydroxylation sites is 1. The van der Waals surface area contributed by atoms with Crippen LogP contribution in [0.2, 0.25) is 0 Å². The lowest BCUT2D eigenvalue weighted by Crippen LogP contribution is -2.45. The molecule has 8 heteroatoms. The zero-order valence-corrected chi connectivity index (χ0v) is 14.4. The maximum Gasteiger partial charge on any atom is 0.322 e. The third kappa shape index (κ3) is 3.61. The molecule has 1 aliphatic heterocycles. The Labute approximate surface area is 155 Å². The number of hydrogen-bond acceptors (Lipinski definition) is 4. The smallest absolute Gasteiger partial charge is 0.322 e. The first-order valence-corrected chi connectivity index (χ1v) is 8.65. The summed E-state index contributed by atoms with van der Waals surface area (Å²) in [6, 6.07) is 13.2. The zero-order valence-electron chi connectivity index (χ0n) is 14.4. The van der Waals surface area contributed by atoms with Crippen LogP contribution in [0.25, 0.3) is 10.9 Å². The molecule has 0 spiro atoms. The predicted molar refractivity (Wildman–Crippen MR) is 101 cm³/mol. The first-order chi connectivity index (χ1) is 13.1. The number of aromatic nitrogens is 2. The quantitative estimate of drug-likeness (QED) is 0.570. The fraction of sp³-hybridized carbons (Fsp3) is 0.211. The van der Waals surface area contributed by atoms with E-state index in [-0.39, 0.29) is 18.9 Å². The van der Waals surface area contributed by atoms with Crippen LogP contribution in [0.15, 0.2) is 54.7 Å². The van der Waals surface area contributed by atoms with Gasteiger partial charge in [0.05, 0.1) is 17.8 Å². The van der Waals surface area contributed by atoms with Crippen LogP contribution < -0.4 is 10.6 Å². The van der Waals surface area contributed by atoms with Gasteiger partial charge in [-0.15, -0.1) is 0 Å². The summed E-state index contributed by atoms with van der Waals surface area (Å²) in [6.07, 6.45) is 1.13. The molecule has 27 heavy (non-hydrogen) atoms. The predicted octanol–water partition coefficient (Wildman–Crippen LogP) is 2.17. The van der Waals surface area contributed by atoms with Crippen LogP contribution >= 0.6 is 0 Å². The second kappa shape index (κ2) is 7.08. The van der Waals surface area contributed by atoms with Crippen molar-refractivity contribution in [2.24, 2.45) is 0 Å². The number of aliphatic hydroxyl groups excluding tert-OH is 1. The van der Waals surface area contributed by atoms with E-state index in [1.807, 2.05) is 24.3 Å². The van der Waals surface area contributed by atoms with Gasteiger partial charge >= 0.3 is 6.03 Å². The molecule has 1 aromatic heterocycles. The van der Waals surface area contributed by atoms with Crippen molar-refractivity contribution in [2.45, 2.75) is 18.6 Å². The van der Waals surface area contributed by atoms with Gasteiger partial charge in [0.1, 0.15) is 6.04 Å². The number of nitrogens with zero attached hydrogens (tertiary/aromatic N) is 2. The molecule has 4 rings (SSSR count). The van der Waals surface area contributed by atoms with Crippen molar-refractivity contribution in [3.8, 4) is 0 Å². The van der Waals surface area contributed by atoms with E-state index < -0.39 is 18.2 Å². The number of carbonyl (C=O) groups is 2. The summed E-state index contributed by atoms with van der Waals surface area (Å²) in [5.74, 6) is -0.336. The number of likely N-dealkylation sites (tertiary alicyclic amines) is 1. The first kappa shape index (κ1) is 17.0. The van der Waals surface area contributed by atoms with E-state index in [0.29, 0.717) is 11.4 Å². The van der Waals surface area contributed by atoms with E-state index in [9.17, 15) is 14.7 Å². The van der Waals surface area contributed by atoms with E-state index >= 15 is 0 Å². The van der Waals surface area contributed by atoms with Crippen molar-refractivity contribution in [2.75, 3.05) is 17.2 Å². The van der Waals surface area contributed by atoms with Crippen LogP contribution in [0, 0.1) is 0 Å². The SMILES string of the molecule is O=C(Nc1ccc2[nH]ncc2c1)[C@H]1C[C@H](O)CN1C(=O)Nc1ccccc1. The molecular weight excluding hydrogens is 346 g/mol. The van der Waals surface area contributed by atoms with Crippen LogP contribution in [0.3, 0.4) is 0 Å². The number of amides is 3. The molecule has 2 heterocycles. The molecule has 1 saturated heterocycles. The van der Waals surface area contributed by atoms with Crippen molar-refractivity contribution in [3.05, 3.63) is 54.7 Å². The third-order valence-electron chi connectivity index (χ3n) is 4.58. The minimum atomic E-state index is -0.747. The number of rotatable bonds is 3. The molecule has 0 saturated carbocycles. The van der Waals surface area contributed by atoms with Gasteiger partial charge in [-0.2, -0.15) is 5.10 Å². The topological polar surface area (TPSA) is 110 Å². The molecule has 1 aliphatic rings. The van der Waals surface area contributed by atoms with Gasteiger partial charge in [-0.05, 0) is 30.3 Å². The number of anilines is 2. The molecule has 2 aromatic carbocycles. The van der Waals surface area contributed by atoms with Crippen LogP contribution in [0.5, 0.6) is 0 Å². The number of carbonyl (C=O) groups excluding carboxylic acids is 2. The number of β-amino-alcohol motifs (C(OH)–C–C–N with tert-alkyl or cyclic N) is 1. The van der Waals surface area contributed by atoms with Crippen molar-refractivity contribution in [1.29, 1.82) is 0 Å². The number of aliphatic hydroxyl groups is 1. The van der Waals surface area contributed by atoms with E-state index in [4.69, 9.17) is 0 Å². The van der Waals surface area contributed by atoms with Gasteiger partial charge in [0.25, 0.3) is 0 Å². The van der Waals surface area contributed by atoms with E-state index in [0.717, 1.165) is 10.9 Å². The standard InChI is InChI=1S/C19H19N5O3/c25-15-9-17(24(11-15)19(27)22-13-4-2-1-3-5-13)18(26)21-14-6-7-16-12(8-14)10-20-23-16/h1-8,10,15,17,25H,9,11H2,(H,20,23)(H,21,26)(H,22,27)/t15-,17+/m0/s1. The number of aromatic amines is 1. The number of benzene rings is 2. The lowest BCUT2D eigenvalue weighted by Gasteiger charge is -2.24. The Morgan fingerprint density at radius 2 is 1.93 bits per heavy atom. The Morgan fingerprint density at radius 1 is 1.11 bits per heavy atom. The third-order valence-corrected chi connectivity index (χ3v) is 4.58. The summed E-state index contributed by atoms with van der Waals surface area (Å²) in [7, 11) is 0. The maximum absolute atomic E-state index is 12.7. The highest BCUT2D eigenvalue weighted by atomic mass is 16.3. The molecule has 4 N–H and O–H groups in total. The van der Waals surface area contributed by atoms with Crippen molar-refractivity contribution in [1.82, 2.24) is 15.1 Å². The van der Waals surface area contributed by atoms with Gasteiger partial charge in [-0.25, -0.2) is 4.79 Å². The molecule has 0 aliphatic carbocycles. The number of hydrogen-bond donors (Lipinski definition) is 4. The first-order valence-electron chi connectivity index (χ1n) is 8.65. The van der Waals surface area contributed by atoms with Crippen molar-refractivity contribution in [3.63, 3.8) is 0 Å². The minimum absolute atomic E-state index is 0.109. The molecule has 0 radical (unpaired) electrons. The van der Waals surface area contributed by atoms with Crippen LogP contribution in [-0.2, 0) is 4.79 Å². The van der Waals surface area contributed by atoms with E-state index in [1.165, 1.54) is 4.90 Å². The number of H-pyrrole nitrogens is 1. The fourth-order valence-corrected chi connectivity index (χ4v) is 3.25. The largest absolute Gasteiger partial charge is 0.391 e. The zero-order chi connectivity index (χ0) is 18.8. The highest BCUT2D eigenvalue weighted by Gasteiger charge is 2.39. The van der Waals surface area contributed by atoms with E-state index in [1.54, 1.807) is 30.5 Å².